The molecule has 2 aromatic carbocycles. The lowest BCUT2D eigenvalue weighted by Crippen LogP contribution is -2.31. The van der Waals surface area contributed by atoms with Crippen LogP contribution in [0, 0.1) is 5.92 Å². The van der Waals surface area contributed by atoms with Crippen molar-refractivity contribution in [2.45, 2.75) is 12.8 Å². The molecule has 3 aromatic rings. The number of nitrogens with zero attached hydrogens (tertiary/aromatic N) is 2. The minimum atomic E-state index is 0.708. The third kappa shape index (κ3) is 3.39. The SMILES string of the molecule is c1ccc2cc(-c3ccnc(NCC4CCNCC4)n3)ccc2c1. The van der Waals surface area contributed by atoms with Crippen LogP contribution in [0.4, 0.5) is 5.95 Å². The van der Waals surface area contributed by atoms with Crippen LogP contribution >= 0.6 is 0 Å². The van der Waals surface area contributed by atoms with Gasteiger partial charge >= 0.3 is 0 Å². The molecule has 4 heteroatoms. The summed E-state index contributed by atoms with van der Waals surface area (Å²) in [6.07, 6.45) is 4.27. The fourth-order valence-corrected chi connectivity index (χ4v) is 3.27. The molecule has 122 valence electrons. The highest BCUT2D eigenvalue weighted by atomic mass is 15.1. The van der Waals surface area contributed by atoms with Gasteiger partial charge in [0.25, 0.3) is 0 Å². The Morgan fingerprint density at radius 2 is 1.83 bits per heavy atom. The van der Waals surface area contributed by atoms with Crippen molar-refractivity contribution in [3.05, 3.63) is 54.7 Å². The van der Waals surface area contributed by atoms with Crippen molar-refractivity contribution in [2.75, 3.05) is 25.0 Å². The van der Waals surface area contributed by atoms with E-state index in [4.69, 9.17) is 4.98 Å². The van der Waals surface area contributed by atoms with Crippen LogP contribution in [0.5, 0.6) is 0 Å². The normalized spacial score (nSPS) is 15.5. The standard InChI is InChI=1S/C20H22N4/c1-2-4-17-13-18(6-5-16(17)3-1)19-9-12-22-20(24-19)23-14-15-7-10-21-11-8-15/h1-6,9,12-13,15,21H,7-8,10-11,14H2,(H,22,23,24). The van der Waals surface area contributed by atoms with Crippen molar-refractivity contribution < 1.29 is 0 Å². The Morgan fingerprint density at radius 3 is 2.71 bits per heavy atom. The highest BCUT2D eigenvalue weighted by molar-refractivity contribution is 5.86. The Balaban J connectivity index is 1.52. The number of rotatable bonds is 4. The van der Waals surface area contributed by atoms with Crippen LogP contribution in [0.15, 0.2) is 54.7 Å². The van der Waals surface area contributed by atoms with E-state index in [2.05, 4.69) is 58.1 Å². The number of anilines is 1. The van der Waals surface area contributed by atoms with Crippen LogP contribution < -0.4 is 10.6 Å². The largest absolute Gasteiger partial charge is 0.354 e. The van der Waals surface area contributed by atoms with Gasteiger partial charge in [0.05, 0.1) is 5.69 Å². The molecule has 2 N–H and O–H groups in total. The molecule has 1 aliphatic heterocycles. The van der Waals surface area contributed by atoms with E-state index in [0.29, 0.717) is 5.92 Å². The minimum Gasteiger partial charge on any atom is -0.354 e. The van der Waals surface area contributed by atoms with E-state index in [9.17, 15) is 0 Å². The van der Waals surface area contributed by atoms with E-state index in [1.165, 1.54) is 23.6 Å². The van der Waals surface area contributed by atoms with Gasteiger partial charge in [-0.15, -0.1) is 0 Å². The summed E-state index contributed by atoms with van der Waals surface area (Å²) in [4.78, 5) is 9.07. The van der Waals surface area contributed by atoms with Crippen molar-refractivity contribution in [1.29, 1.82) is 0 Å². The molecule has 0 atom stereocenters. The van der Waals surface area contributed by atoms with Crippen molar-refractivity contribution >= 4 is 16.7 Å². The van der Waals surface area contributed by atoms with Crippen molar-refractivity contribution in [2.24, 2.45) is 5.92 Å². The summed E-state index contributed by atoms with van der Waals surface area (Å²) in [5.41, 5.74) is 2.09. The number of nitrogens with one attached hydrogen (secondary N) is 2. The fraction of sp³-hybridized carbons (Fsp3) is 0.300. The highest BCUT2D eigenvalue weighted by Crippen LogP contribution is 2.23. The van der Waals surface area contributed by atoms with Gasteiger partial charge in [0.1, 0.15) is 0 Å². The van der Waals surface area contributed by atoms with Crippen LogP contribution in [-0.2, 0) is 0 Å². The third-order valence-corrected chi connectivity index (χ3v) is 4.71. The summed E-state index contributed by atoms with van der Waals surface area (Å²) >= 11 is 0. The van der Waals surface area contributed by atoms with E-state index >= 15 is 0 Å². The maximum atomic E-state index is 4.70. The molecule has 0 aliphatic carbocycles. The Labute approximate surface area is 142 Å². The van der Waals surface area contributed by atoms with E-state index in [1.54, 1.807) is 0 Å². The van der Waals surface area contributed by atoms with E-state index in [0.717, 1.165) is 36.8 Å². The van der Waals surface area contributed by atoms with Gasteiger partial charge in [-0.05, 0) is 54.8 Å². The number of piperidine rings is 1. The predicted octanol–water partition coefficient (Wildman–Crippen LogP) is 3.71. The van der Waals surface area contributed by atoms with E-state index in [-0.39, 0.29) is 0 Å². The quantitative estimate of drug-likeness (QED) is 0.770. The van der Waals surface area contributed by atoms with Gasteiger partial charge < -0.3 is 10.6 Å². The Kier molecular flexibility index (Phi) is 4.38. The lowest BCUT2D eigenvalue weighted by atomic mass is 9.98. The molecule has 1 fully saturated rings. The van der Waals surface area contributed by atoms with Crippen molar-refractivity contribution in [3.63, 3.8) is 0 Å². The summed E-state index contributed by atoms with van der Waals surface area (Å²) in [5.74, 6) is 1.43. The molecule has 0 saturated carbocycles. The molecule has 1 saturated heterocycles. The van der Waals surface area contributed by atoms with Crippen LogP contribution in [0.1, 0.15) is 12.8 Å². The fourth-order valence-electron chi connectivity index (χ4n) is 3.27. The maximum Gasteiger partial charge on any atom is 0.223 e. The molecular formula is C20H22N4. The summed E-state index contributed by atoms with van der Waals surface area (Å²) in [6, 6.07) is 16.8. The van der Waals surface area contributed by atoms with Gasteiger partial charge in [0.15, 0.2) is 0 Å². The molecule has 1 aliphatic rings. The zero-order valence-electron chi connectivity index (χ0n) is 13.7. The van der Waals surface area contributed by atoms with Crippen LogP contribution in [-0.4, -0.2) is 29.6 Å². The van der Waals surface area contributed by atoms with Crippen LogP contribution in [0.2, 0.25) is 0 Å². The van der Waals surface area contributed by atoms with Crippen molar-refractivity contribution in [3.8, 4) is 11.3 Å². The molecule has 4 rings (SSSR count). The maximum absolute atomic E-state index is 4.70. The van der Waals surface area contributed by atoms with Gasteiger partial charge in [-0.3, -0.25) is 0 Å². The molecule has 2 heterocycles. The molecule has 0 unspecified atom stereocenters. The van der Waals surface area contributed by atoms with E-state index < -0.39 is 0 Å². The van der Waals surface area contributed by atoms with Crippen LogP contribution in [0.25, 0.3) is 22.0 Å². The van der Waals surface area contributed by atoms with Gasteiger partial charge in [0, 0.05) is 18.3 Å². The number of hydrogen-bond donors (Lipinski definition) is 2. The summed E-state index contributed by atoms with van der Waals surface area (Å²) in [5, 5.41) is 9.29. The Morgan fingerprint density at radius 1 is 1.00 bits per heavy atom. The number of hydrogen-bond acceptors (Lipinski definition) is 4. The smallest absolute Gasteiger partial charge is 0.223 e. The summed E-state index contributed by atoms with van der Waals surface area (Å²) in [7, 11) is 0. The molecule has 1 aromatic heterocycles. The van der Waals surface area contributed by atoms with Gasteiger partial charge in [0.2, 0.25) is 5.95 Å². The number of benzene rings is 2. The van der Waals surface area contributed by atoms with Gasteiger partial charge in [-0.1, -0.05) is 36.4 Å². The molecule has 0 amide bonds. The van der Waals surface area contributed by atoms with Crippen molar-refractivity contribution in [1.82, 2.24) is 15.3 Å². The van der Waals surface area contributed by atoms with Gasteiger partial charge in [-0.25, -0.2) is 9.97 Å². The summed E-state index contributed by atoms with van der Waals surface area (Å²) in [6.45, 7) is 3.18. The van der Waals surface area contributed by atoms with Crippen LogP contribution in [0.3, 0.4) is 0 Å². The molecule has 0 bridgehead atoms. The predicted molar refractivity (Wildman–Crippen MR) is 99.1 cm³/mol. The second-order valence-corrected chi connectivity index (χ2v) is 6.40. The average Bonchev–Trinajstić information content (AvgIpc) is 2.67. The Hall–Kier alpha value is -2.46. The zero-order valence-corrected chi connectivity index (χ0v) is 13.7. The number of fused-ring (bicyclic) bond motifs is 1. The topological polar surface area (TPSA) is 49.8 Å². The molecular weight excluding hydrogens is 296 g/mol. The second kappa shape index (κ2) is 6.97. The highest BCUT2D eigenvalue weighted by Gasteiger charge is 2.13. The molecule has 0 spiro atoms. The Bertz CT molecular complexity index is 824. The molecule has 0 radical (unpaired) electrons. The lowest BCUT2D eigenvalue weighted by molar-refractivity contribution is 0.389. The third-order valence-electron chi connectivity index (χ3n) is 4.71. The first kappa shape index (κ1) is 15.1. The lowest BCUT2D eigenvalue weighted by Gasteiger charge is -2.22. The first-order valence-corrected chi connectivity index (χ1v) is 8.65. The summed E-state index contributed by atoms with van der Waals surface area (Å²) < 4.78 is 0. The first-order valence-electron chi connectivity index (χ1n) is 8.65. The molecule has 4 nitrogen and oxygen atoms in total. The average molecular weight is 318 g/mol. The first-order chi connectivity index (χ1) is 11.9. The second-order valence-electron chi connectivity index (χ2n) is 6.40. The minimum absolute atomic E-state index is 0.708. The monoisotopic (exact) mass is 318 g/mol. The molecule has 24 heavy (non-hydrogen) atoms. The zero-order chi connectivity index (χ0) is 16.2. The van der Waals surface area contributed by atoms with Gasteiger partial charge in [-0.2, -0.15) is 0 Å². The van der Waals surface area contributed by atoms with E-state index in [1.807, 2.05) is 12.3 Å². The number of aromatic nitrogens is 2.